The smallest absolute Gasteiger partial charge is 0.189 e. The van der Waals surface area contributed by atoms with Gasteiger partial charge in [0.25, 0.3) is 0 Å². The van der Waals surface area contributed by atoms with E-state index in [9.17, 15) is 0 Å². The number of hydrogen-bond donors (Lipinski definition) is 2. The first-order chi connectivity index (χ1) is 6.42. The summed E-state index contributed by atoms with van der Waals surface area (Å²) in [5, 5.41) is 3.30. The van der Waals surface area contributed by atoms with Crippen LogP contribution in [0.2, 0.25) is 0 Å². The number of hydrogen-bond acceptors (Lipinski definition) is 1. The molecule has 0 saturated heterocycles. The number of guanidine groups is 1. The molecule has 3 heteroatoms. The van der Waals surface area contributed by atoms with Crippen LogP contribution in [0.25, 0.3) is 0 Å². The molecule has 0 heterocycles. The summed E-state index contributed by atoms with van der Waals surface area (Å²) < 4.78 is 0. The van der Waals surface area contributed by atoms with Crippen LogP contribution < -0.4 is 11.1 Å². The Labute approximate surface area is 87.2 Å². The largest absolute Gasteiger partial charge is 0.370 e. The predicted molar refractivity (Wildman–Crippen MR) is 61.3 cm³/mol. The number of nitrogens with two attached hydrogens (primary N) is 1. The fourth-order valence-corrected chi connectivity index (χ4v) is 1.56. The molecule has 0 atom stereocenters. The topological polar surface area (TPSA) is 50.4 Å². The second-order valence-corrected chi connectivity index (χ2v) is 5.24. The van der Waals surface area contributed by atoms with Crippen LogP contribution in [0, 0.1) is 11.8 Å². The maximum absolute atomic E-state index is 5.81. The predicted octanol–water partition coefficient (Wildman–Crippen LogP) is 1.74. The van der Waals surface area contributed by atoms with E-state index in [0.717, 1.165) is 12.5 Å². The third kappa shape index (κ3) is 3.56. The zero-order valence-corrected chi connectivity index (χ0v) is 9.80. The maximum Gasteiger partial charge on any atom is 0.189 e. The highest BCUT2D eigenvalue weighted by atomic mass is 15.1. The summed E-state index contributed by atoms with van der Waals surface area (Å²) in [6.45, 7) is 9.48. The highest BCUT2D eigenvalue weighted by Crippen LogP contribution is 2.38. The minimum absolute atomic E-state index is 0.116. The molecule has 1 aliphatic carbocycles. The molecule has 0 spiro atoms. The highest BCUT2D eigenvalue weighted by Gasteiger charge is 2.37. The van der Waals surface area contributed by atoms with Gasteiger partial charge in [0.05, 0.1) is 0 Å². The summed E-state index contributed by atoms with van der Waals surface area (Å²) in [4.78, 5) is 4.30. The van der Waals surface area contributed by atoms with Crippen LogP contribution in [0.4, 0.5) is 0 Å². The summed E-state index contributed by atoms with van der Waals surface area (Å²) in [6, 6.07) is 0. The van der Waals surface area contributed by atoms with Crippen molar-refractivity contribution in [2.75, 3.05) is 6.54 Å². The van der Waals surface area contributed by atoms with Gasteiger partial charge in [0, 0.05) is 12.1 Å². The summed E-state index contributed by atoms with van der Waals surface area (Å²) in [6.07, 6.45) is 2.63. The quantitative estimate of drug-likeness (QED) is 0.533. The van der Waals surface area contributed by atoms with E-state index < -0.39 is 0 Å². The van der Waals surface area contributed by atoms with Gasteiger partial charge in [0.2, 0.25) is 0 Å². The molecule has 82 valence electrons. The first kappa shape index (κ1) is 11.3. The number of nitrogens with one attached hydrogen (secondary N) is 1. The van der Waals surface area contributed by atoms with Crippen LogP contribution >= 0.6 is 0 Å². The van der Waals surface area contributed by atoms with Crippen LogP contribution in [-0.2, 0) is 0 Å². The third-order valence-corrected chi connectivity index (χ3v) is 2.67. The molecule has 3 N–H and O–H groups in total. The van der Waals surface area contributed by atoms with Crippen molar-refractivity contribution >= 4 is 5.96 Å². The fraction of sp³-hybridized carbons (Fsp3) is 0.909. The zero-order valence-electron chi connectivity index (χ0n) is 9.80. The lowest BCUT2D eigenvalue weighted by Crippen LogP contribution is -2.48. The van der Waals surface area contributed by atoms with Crippen molar-refractivity contribution in [3.63, 3.8) is 0 Å². The van der Waals surface area contributed by atoms with Crippen molar-refractivity contribution in [2.24, 2.45) is 22.6 Å². The SMILES string of the molecule is CC(C)CN=C(N)NC(C)(C)C1CC1. The van der Waals surface area contributed by atoms with Crippen molar-refractivity contribution in [3.05, 3.63) is 0 Å². The van der Waals surface area contributed by atoms with Gasteiger partial charge >= 0.3 is 0 Å². The van der Waals surface area contributed by atoms with Crippen LogP contribution in [0.3, 0.4) is 0 Å². The average Bonchev–Trinajstić information content (AvgIpc) is 2.81. The Morgan fingerprint density at radius 3 is 2.50 bits per heavy atom. The van der Waals surface area contributed by atoms with E-state index in [-0.39, 0.29) is 5.54 Å². The van der Waals surface area contributed by atoms with Gasteiger partial charge < -0.3 is 11.1 Å². The minimum Gasteiger partial charge on any atom is -0.370 e. The molecular formula is C11H23N3. The molecule has 14 heavy (non-hydrogen) atoms. The molecule has 1 aliphatic rings. The first-order valence-corrected chi connectivity index (χ1v) is 5.50. The van der Waals surface area contributed by atoms with Crippen molar-refractivity contribution in [1.29, 1.82) is 0 Å². The van der Waals surface area contributed by atoms with Crippen LogP contribution in [0.15, 0.2) is 4.99 Å². The molecule has 0 unspecified atom stereocenters. The van der Waals surface area contributed by atoms with Gasteiger partial charge in [-0.25, -0.2) is 0 Å². The molecule has 1 rings (SSSR count). The van der Waals surface area contributed by atoms with Gasteiger partial charge in [-0.05, 0) is 38.5 Å². The molecule has 0 radical (unpaired) electrons. The number of aliphatic imine (C=N–C) groups is 1. The molecule has 1 saturated carbocycles. The molecule has 0 aromatic rings. The van der Waals surface area contributed by atoms with Gasteiger partial charge in [-0.3, -0.25) is 4.99 Å². The van der Waals surface area contributed by atoms with Crippen molar-refractivity contribution < 1.29 is 0 Å². The average molecular weight is 197 g/mol. The second kappa shape index (κ2) is 4.20. The van der Waals surface area contributed by atoms with Crippen molar-refractivity contribution in [2.45, 2.75) is 46.1 Å². The molecule has 0 aromatic carbocycles. The molecular weight excluding hydrogens is 174 g/mol. The number of rotatable bonds is 4. The standard InChI is InChI=1S/C11H23N3/c1-8(2)7-13-10(12)14-11(3,4)9-5-6-9/h8-9H,5-7H2,1-4H3,(H3,12,13,14). The third-order valence-electron chi connectivity index (χ3n) is 2.67. The van der Waals surface area contributed by atoms with E-state index >= 15 is 0 Å². The Balaban J connectivity index is 2.38. The zero-order chi connectivity index (χ0) is 10.8. The maximum atomic E-state index is 5.81. The summed E-state index contributed by atoms with van der Waals surface area (Å²) in [7, 11) is 0. The fourth-order valence-electron chi connectivity index (χ4n) is 1.56. The van der Waals surface area contributed by atoms with E-state index in [1.54, 1.807) is 0 Å². The van der Waals surface area contributed by atoms with E-state index in [4.69, 9.17) is 5.73 Å². The van der Waals surface area contributed by atoms with Crippen LogP contribution in [0.1, 0.15) is 40.5 Å². The lowest BCUT2D eigenvalue weighted by Gasteiger charge is -2.26. The lowest BCUT2D eigenvalue weighted by molar-refractivity contribution is 0.399. The van der Waals surface area contributed by atoms with Crippen LogP contribution in [-0.4, -0.2) is 18.0 Å². The Morgan fingerprint density at radius 1 is 1.50 bits per heavy atom. The molecule has 0 aromatic heterocycles. The monoisotopic (exact) mass is 197 g/mol. The number of nitrogens with zero attached hydrogens (tertiary/aromatic N) is 1. The molecule has 1 fully saturated rings. The van der Waals surface area contributed by atoms with Gasteiger partial charge in [-0.1, -0.05) is 13.8 Å². The lowest BCUT2D eigenvalue weighted by atomic mass is 9.99. The highest BCUT2D eigenvalue weighted by molar-refractivity contribution is 5.78. The van der Waals surface area contributed by atoms with Gasteiger partial charge in [0.15, 0.2) is 5.96 Å². The molecule has 0 aliphatic heterocycles. The Bertz CT molecular complexity index is 215. The van der Waals surface area contributed by atoms with E-state index in [1.165, 1.54) is 12.8 Å². The minimum atomic E-state index is 0.116. The summed E-state index contributed by atoms with van der Waals surface area (Å²) in [5.74, 6) is 1.94. The van der Waals surface area contributed by atoms with E-state index in [2.05, 4.69) is 38.0 Å². The van der Waals surface area contributed by atoms with E-state index in [0.29, 0.717) is 11.9 Å². The normalized spacial score (nSPS) is 18.8. The Morgan fingerprint density at radius 2 is 2.07 bits per heavy atom. The Kier molecular flexibility index (Phi) is 3.40. The second-order valence-electron chi connectivity index (χ2n) is 5.24. The first-order valence-electron chi connectivity index (χ1n) is 5.50. The molecule has 0 amide bonds. The molecule has 0 bridgehead atoms. The Hall–Kier alpha value is -0.730. The van der Waals surface area contributed by atoms with E-state index in [1.807, 2.05) is 0 Å². The molecule has 3 nitrogen and oxygen atoms in total. The van der Waals surface area contributed by atoms with Crippen LogP contribution in [0.5, 0.6) is 0 Å². The summed E-state index contributed by atoms with van der Waals surface area (Å²) in [5.41, 5.74) is 5.93. The van der Waals surface area contributed by atoms with Gasteiger partial charge in [0.1, 0.15) is 0 Å². The van der Waals surface area contributed by atoms with Gasteiger partial charge in [-0.2, -0.15) is 0 Å². The van der Waals surface area contributed by atoms with Gasteiger partial charge in [-0.15, -0.1) is 0 Å². The van der Waals surface area contributed by atoms with Crippen molar-refractivity contribution in [3.8, 4) is 0 Å². The summed E-state index contributed by atoms with van der Waals surface area (Å²) >= 11 is 0. The van der Waals surface area contributed by atoms with Crippen molar-refractivity contribution in [1.82, 2.24) is 5.32 Å².